The van der Waals surface area contributed by atoms with Gasteiger partial charge in [-0.15, -0.1) is 0 Å². The number of piperidine rings is 1. The molecular weight excluding hydrogens is 343 g/mol. The van der Waals surface area contributed by atoms with Crippen LogP contribution in [-0.2, 0) is 20.4 Å². The van der Waals surface area contributed by atoms with E-state index in [9.17, 15) is 17.6 Å². The van der Waals surface area contributed by atoms with E-state index >= 15 is 0 Å². The number of nitrogens with one attached hydrogen (secondary N) is 1. The van der Waals surface area contributed by atoms with Gasteiger partial charge < -0.3 is 5.32 Å². The van der Waals surface area contributed by atoms with Crippen LogP contribution < -0.4 is 5.32 Å². The minimum atomic E-state index is -3.21. The van der Waals surface area contributed by atoms with E-state index in [4.69, 9.17) is 0 Å². The smallest absolute Gasteiger partial charge is 0.223 e. The molecular formula is C18H25FN2O3S. The molecule has 0 spiro atoms. The van der Waals surface area contributed by atoms with Gasteiger partial charge >= 0.3 is 0 Å². The van der Waals surface area contributed by atoms with E-state index in [0.29, 0.717) is 31.5 Å². The van der Waals surface area contributed by atoms with Gasteiger partial charge in [-0.05, 0) is 31.7 Å². The summed E-state index contributed by atoms with van der Waals surface area (Å²) in [6.07, 6.45) is 5.60. The van der Waals surface area contributed by atoms with Crippen molar-refractivity contribution in [2.75, 3.05) is 19.3 Å². The third-order valence-electron chi connectivity index (χ3n) is 5.50. The standard InChI is InChI=1S/C18H25FN2O3S/c1-25(23,24)21-12-8-14(9-13-21)17(22)20-18(10-4-5-11-18)15-6-2-3-7-16(15)19/h2-3,6-7,14H,4-5,8-13H2,1H3,(H,20,22). The van der Waals surface area contributed by atoms with Crippen molar-refractivity contribution >= 4 is 15.9 Å². The Morgan fingerprint density at radius 2 is 1.80 bits per heavy atom. The van der Waals surface area contributed by atoms with Crippen LogP contribution in [0.4, 0.5) is 4.39 Å². The monoisotopic (exact) mass is 368 g/mol. The van der Waals surface area contributed by atoms with Crippen molar-refractivity contribution in [3.63, 3.8) is 0 Å². The van der Waals surface area contributed by atoms with Crippen molar-refractivity contribution in [3.05, 3.63) is 35.6 Å². The molecule has 1 N–H and O–H groups in total. The van der Waals surface area contributed by atoms with Gasteiger partial charge in [-0.3, -0.25) is 4.79 Å². The Morgan fingerprint density at radius 3 is 2.36 bits per heavy atom. The second-order valence-corrected chi connectivity index (χ2v) is 9.18. The Bertz CT molecular complexity index is 736. The summed E-state index contributed by atoms with van der Waals surface area (Å²) in [4.78, 5) is 12.8. The lowest BCUT2D eigenvalue weighted by Crippen LogP contribution is -2.49. The molecule has 7 heteroatoms. The second kappa shape index (κ2) is 7.03. The molecule has 3 rings (SSSR count). The zero-order valence-corrected chi connectivity index (χ0v) is 15.3. The molecule has 1 aliphatic carbocycles. The average Bonchev–Trinajstić information content (AvgIpc) is 3.04. The number of hydrogen-bond donors (Lipinski definition) is 1. The highest BCUT2D eigenvalue weighted by Crippen LogP contribution is 2.40. The topological polar surface area (TPSA) is 66.5 Å². The maximum absolute atomic E-state index is 14.3. The zero-order valence-electron chi connectivity index (χ0n) is 14.5. The van der Waals surface area contributed by atoms with Crippen LogP contribution in [0.5, 0.6) is 0 Å². The molecule has 1 saturated carbocycles. The quantitative estimate of drug-likeness (QED) is 0.887. The van der Waals surface area contributed by atoms with Gasteiger partial charge in [-0.1, -0.05) is 31.0 Å². The van der Waals surface area contributed by atoms with Crippen molar-refractivity contribution in [3.8, 4) is 0 Å². The molecule has 1 saturated heterocycles. The summed E-state index contributed by atoms with van der Waals surface area (Å²) in [5.74, 6) is -0.586. The van der Waals surface area contributed by atoms with E-state index in [1.54, 1.807) is 18.2 Å². The molecule has 2 aliphatic rings. The van der Waals surface area contributed by atoms with Crippen LogP contribution in [0.15, 0.2) is 24.3 Å². The second-order valence-electron chi connectivity index (χ2n) is 7.19. The van der Waals surface area contributed by atoms with Crippen LogP contribution in [0, 0.1) is 11.7 Å². The number of halogens is 1. The summed E-state index contributed by atoms with van der Waals surface area (Å²) >= 11 is 0. The molecule has 2 fully saturated rings. The molecule has 1 amide bonds. The molecule has 1 aliphatic heterocycles. The first-order chi connectivity index (χ1) is 11.8. The first-order valence-corrected chi connectivity index (χ1v) is 10.7. The summed E-state index contributed by atoms with van der Waals surface area (Å²) in [5.41, 5.74) is -0.0643. The van der Waals surface area contributed by atoms with Crippen molar-refractivity contribution in [2.24, 2.45) is 5.92 Å². The number of carbonyl (C=O) groups is 1. The first kappa shape index (κ1) is 18.3. The fourth-order valence-electron chi connectivity index (χ4n) is 4.08. The third kappa shape index (κ3) is 3.87. The SMILES string of the molecule is CS(=O)(=O)N1CCC(C(=O)NC2(c3ccccc3F)CCCC2)CC1. The molecule has 0 radical (unpaired) electrons. The molecule has 1 aromatic carbocycles. The minimum Gasteiger partial charge on any atom is -0.346 e. The lowest BCUT2D eigenvalue weighted by molar-refractivity contribution is -0.128. The summed E-state index contributed by atoms with van der Waals surface area (Å²) in [6, 6.07) is 6.65. The predicted octanol–water partition coefficient (Wildman–Crippen LogP) is 2.38. The molecule has 1 aromatic rings. The number of hydrogen-bond acceptors (Lipinski definition) is 3. The van der Waals surface area contributed by atoms with Gasteiger partial charge in [0.2, 0.25) is 15.9 Å². The van der Waals surface area contributed by atoms with Gasteiger partial charge in [-0.25, -0.2) is 17.1 Å². The number of benzene rings is 1. The molecule has 0 unspecified atom stereocenters. The number of rotatable bonds is 4. The molecule has 1 heterocycles. The minimum absolute atomic E-state index is 0.0849. The van der Waals surface area contributed by atoms with Gasteiger partial charge in [0, 0.05) is 24.6 Å². The number of sulfonamides is 1. The normalized spacial score (nSPS) is 22.0. The zero-order chi connectivity index (χ0) is 18.1. The van der Waals surface area contributed by atoms with Gasteiger partial charge in [0.15, 0.2) is 0 Å². The van der Waals surface area contributed by atoms with Crippen molar-refractivity contribution in [1.82, 2.24) is 9.62 Å². The Balaban J connectivity index is 1.72. The lowest BCUT2D eigenvalue weighted by atomic mass is 9.86. The van der Waals surface area contributed by atoms with E-state index in [1.807, 2.05) is 0 Å². The van der Waals surface area contributed by atoms with Gasteiger partial charge in [0.05, 0.1) is 11.8 Å². The summed E-state index contributed by atoms with van der Waals surface area (Å²) in [7, 11) is -3.21. The predicted molar refractivity (Wildman–Crippen MR) is 93.8 cm³/mol. The highest BCUT2D eigenvalue weighted by molar-refractivity contribution is 7.88. The molecule has 25 heavy (non-hydrogen) atoms. The van der Waals surface area contributed by atoms with E-state index in [1.165, 1.54) is 16.6 Å². The highest BCUT2D eigenvalue weighted by atomic mass is 32.2. The Morgan fingerprint density at radius 1 is 1.20 bits per heavy atom. The van der Waals surface area contributed by atoms with E-state index in [2.05, 4.69) is 5.32 Å². The van der Waals surface area contributed by atoms with Crippen molar-refractivity contribution in [2.45, 2.75) is 44.1 Å². The molecule has 0 aromatic heterocycles. The largest absolute Gasteiger partial charge is 0.346 e. The average molecular weight is 368 g/mol. The maximum Gasteiger partial charge on any atom is 0.223 e. The van der Waals surface area contributed by atoms with Gasteiger partial charge in [0.1, 0.15) is 5.82 Å². The van der Waals surface area contributed by atoms with Crippen LogP contribution in [-0.4, -0.2) is 38.0 Å². The highest BCUT2D eigenvalue weighted by Gasteiger charge is 2.40. The van der Waals surface area contributed by atoms with Crippen LogP contribution in [0.25, 0.3) is 0 Å². The van der Waals surface area contributed by atoms with Crippen LogP contribution in [0.2, 0.25) is 0 Å². The maximum atomic E-state index is 14.3. The first-order valence-electron chi connectivity index (χ1n) is 8.84. The van der Waals surface area contributed by atoms with Crippen LogP contribution in [0.3, 0.4) is 0 Å². The van der Waals surface area contributed by atoms with E-state index < -0.39 is 15.6 Å². The summed E-state index contributed by atoms with van der Waals surface area (Å²) < 4.78 is 38.9. The lowest BCUT2D eigenvalue weighted by Gasteiger charge is -2.35. The number of amides is 1. The molecule has 5 nitrogen and oxygen atoms in total. The summed E-state index contributed by atoms with van der Waals surface area (Å²) in [6.45, 7) is 0.729. The van der Waals surface area contributed by atoms with Crippen LogP contribution >= 0.6 is 0 Å². The van der Waals surface area contributed by atoms with Crippen molar-refractivity contribution in [1.29, 1.82) is 0 Å². The Hall–Kier alpha value is -1.47. The van der Waals surface area contributed by atoms with Gasteiger partial charge in [0.25, 0.3) is 0 Å². The number of nitrogens with zero attached hydrogens (tertiary/aromatic N) is 1. The number of carbonyl (C=O) groups excluding carboxylic acids is 1. The molecule has 138 valence electrons. The Labute approximate surface area is 148 Å². The molecule has 0 atom stereocenters. The van der Waals surface area contributed by atoms with Crippen molar-refractivity contribution < 1.29 is 17.6 Å². The van der Waals surface area contributed by atoms with E-state index in [-0.39, 0.29) is 17.6 Å². The Kier molecular flexibility index (Phi) is 5.16. The third-order valence-corrected chi connectivity index (χ3v) is 6.81. The fraction of sp³-hybridized carbons (Fsp3) is 0.611. The van der Waals surface area contributed by atoms with E-state index in [0.717, 1.165) is 25.7 Å². The van der Waals surface area contributed by atoms with Gasteiger partial charge in [-0.2, -0.15) is 0 Å². The van der Waals surface area contributed by atoms with Crippen LogP contribution in [0.1, 0.15) is 44.1 Å². The molecule has 0 bridgehead atoms. The fourth-order valence-corrected chi connectivity index (χ4v) is 4.95. The summed E-state index contributed by atoms with van der Waals surface area (Å²) in [5, 5.41) is 3.13.